The highest BCUT2D eigenvalue weighted by Gasteiger charge is 2.14. The zero-order chi connectivity index (χ0) is 18.5. The second-order valence-corrected chi connectivity index (χ2v) is 5.39. The van der Waals surface area contributed by atoms with Gasteiger partial charge < -0.3 is 21.9 Å². The zero-order valence-corrected chi connectivity index (χ0v) is 13.7. The number of benzene rings is 2. The molecule has 0 saturated heterocycles. The second kappa shape index (κ2) is 7.58. The van der Waals surface area contributed by atoms with Crippen LogP contribution < -0.4 is 16.8 Å². The zero-order valence-electron chi connectivity index (χ0n) is 13.7. The molecule has 0 atom stereocenters. The van der Waals surface area contributed by atoms with Crippen LogP contribution in [0.2, 0.25) is 0 Å². The van der Waals surface area contributed by atoms with Crippen molar-refractivity contribution in [3.05, 3.63) is 54.3 Å². The Balaban J connectivity index is 1.95. The average Bonchev–Trinajstić information content (AvgIpc) is 2.63. The predicted molar refractivity (Wildman–Crippen MR) is 101 cm³/mol. The predicted octanol–water partition coefficient (Wildman–Crippen LogP) is 2.89. The lowest BCUT2D eigenvalue weighted by Gasteiger charge is -2.10. The largest absolute Gasteiger partial charge is 0.399 e. The van der Waals surface area contributed by atoms with Gasteiger partial charge in [-0.25, -0.2) is 9.37 Å². The van der Waals surface area contributed by atoms with Crippen LogP contribution in [0.3, 0.4) is 0 Å². The SMILES string of the molecule is Nc1cccc(-c2nc(Nc3cccc(N=CCO)c3)nc(N)c2F)c1. The number of hydrogen-bond acceptors (Lipinski definition) is 7. The van der Waals surface area contributed by atoms with E-state index in [1.807, 2.05) is 0 Å². The molecule has 26 heavy (non-hydrogen) atoms. The highest BCUT2D eigenvalue weighted by Crippen LogP contribution is 2.28. The van der Waals surface area contributed by atoms with E-state index < -0.39 is 5.82 Å². The Hall–Kier alpha value is -3.52. The van der Waals surface area contributed by atoms with Gasteiger partial charge in [-0.2, -0.15) is 4.98 Å². The van der Waals surface area contributed by atoms with Crippen LogP contribution >= 0.6 is 0 Å². The summed E-state index contributed by atoms with van der Waals surface area (Å²) in [5.74, 6) is -0.832. The summed E-state index contributed by atoms with van der Waals surface area (Å²) >= 11 is 0. The second-order valence-electron chi connectivity index (χ2n) is 5.39. The van der Waals surface area contributed by atoms with Crippen molar-refractivity contribution < 1.29 is 9.50 Å². The van der Waals surface area contributed by atoms with Gasteiger partial charge in [0.1, 0.15) is 5.69 Å². The average molecular weight is 352 g/mol. The minimum Gasteiger partial charge on any atom is -0.399 e. The van der Waals surface area contributed by atoms with E-state index in [9.17, 15) is 4.39 Å². The lowest BCUT2D eigenvalue weighted by atomic mass is 10.1. The molecule has 0 spiro atoms. The van der Waals surface area contributed by atoms with Crippen molar-refractivity contribution in [2.45, 2.75) is 0 Å². The minimum absolute atomic E-state index is 0.0572. The third-order valence-corrected chi connectivity index (χ3v) is 3.46. The van der Waals surface area contributed by atoms with E-state index in [1.165, 1.54) is 6.21 Å². The summed E-state index contributed by atoms with van der Waals surface area (Å²) in [7, 11) is 0. The fourth-order valence-corrected chi connectivity index (χ4v) is 2.34. The highest BCUT2D eigenvalue weighted by molar-refractivity contribution is 5.70. The van der Waals surface area contributed by atoms with Crippen molar-refractivity contribution in [3.63, 3.8) is 0 Å². The molecule has 2 aromatic carbocycles. The Bertz CT molecular complexity index is 960. The molecule has 0 amide bonds. The van der Waals surface area contributed by atoms with Gasteiger partial charge in [0.15, 0.2) is 11.6 Å². The van der Waals surface area contributed by atoms with E-state index in [2.05, 4.69) is 20.3 Å². The molecule has 7 nitrogen and oxygen atoms in total. The third-order valence-electron chi connectivity index (χ3n) is 3.46. The van der Waals surface area contributed by atoms with Crippen LogP contribution in [0.25, 0.3) is 11.3 Å². The normalized spacial score (nSPS) is 11.0. The van der Waals surface area contributed by atoms with Gasteiger partial charge in [0, 0.05) is 23.2 Å². The number of nitrogens with zero attached hydrogens (tertiary/aromatic N) is 3. The number of nitrogens with two attached hydrogens (primary N) is 2. The third kappa shape index (κ3) is 3.93. The molecule has 0 aliphatic heterocycles. The first kappa shape index (κ1) is 17.3. The molecule has 8 heteroatoms. The Labute approximate surface area is 149 Å². The molecule has 0 bridgehead atoms. The lowest BCUT2D eigenvalue weighted by Crippen LogP contribution is -2.05. The molecule has 0 aliphatic rings. The molecule has 1 heterocycles. The maximum absolute atomic E-state index is 14.4. The molecule has 0 fully saturated rings. The summed E-state index contributed by atoms with van der Waals surface area (Å²) in [6.45, 7) is -0.154. The van der Waals surface area contributed by atoms with Crippen LogP contribution in [0.5, 0.6) is 0 Å². The number of hydrogen-bond donors (Lipinski definition) is 4. The number of anilines is 4. The Kier molecular flexibility index (Phi) is 5.04. The maximum Gasteiger partial charge on any atom is 0.229 e. The summed E-state index contributed by atoms with van der Waals surface area (Å²) in [6, 6.07) is 13.8. The van der Waals surface area contributed by atoms with Crippen molar-refractivity contribution in [1.29, 1.82) is 0 Å². The van der Waals surface area contributed by atoms with Crippen LogP contribution in [0.1, 0.15) is 0 Å². The van der Waals surface area contributed by atoms with E-state index in [-0.39, 0.29) is 24.1 Å². The number of aromatic nitrogens is 2. The van der Waals surface area contributed by atoms with E-state index in [1.54, 1.807) is 48.5 Å². The number of halogens is 1. The van der Waals surface area contributed by atoms with Gasteiger partial charge in [0.2, 0.25) is 5.95 Å². The van der Waals surface area contributed by atoms with Gasteiger partial charge in [-0.15, -0.1) is 0 Å². The summed E-state index contributed by atoms with van der Waals surface area (Å²) in [5, 5.41) is 11.8. The van der Waals surface area contributed by atoms with Gasteiger partial charge in [-0.3, -0.25) is 4.99 Å². The van der Waals surface area contributed by atoms with Crippen LogP contribution in [0.15, 0.2) is 53.5 Å². The topological polar surface area (TPSA) is 122 Å². The van der Waals surface area contributed by atoms with E-state index >= 15 is 0 Å². The number of nitrogen functional groups attached to an aromatic ring is 2. The molecule has 0 saturated carbocycles. The molecular formula is C18H17FN6O. The molecular weight excluding hydrogens is 335 g/mol. The van der Waals surface area contributed by atoms with Gasteiger partial charge in [-0.05, 0) is 30.3 Å². The fourth-order valence-electron chi connectivity index (χ4n) is 2.34. The van der Waals surface area contributed by atoms with Gasteiger partial charge in [-0.1, -0.05) is 18.2 Å². The van der Waals surface area contributed by atoms with E-state index in [0.29, 0.717) is 22.6 Å². The lowest BCUT2D eigenvalue weighted by molar-refractivity contribution is 0.361. The number of rotatable bonds is 5. The molecule has 0 aliphatic carbocycles. The monoisotopic (exact) mass is 352 g/mol. The minimum atomic E-state index is -0.706. The molecule has 0 radical (unpaired) electrons. The Morgan fingerprint density at radius 3 is 2.69 bits per heavy atom. The molecule has 0 unspecified atom stereocenters. The molecule has 132 valence electrons. The van der Waals surface area contributed by atoms with Gasteiger partial charge in [0.25, 0.3) is 0 Å². The van der Waals surface area contributed by atoms with E-state index in [4.69, 9.17) is 16.6 Å². The highest BCUT2D eigenvalue weighted by atomic mass is 19.1. The first-order chi connectivity index (χ1) is 12.6. The Morgan fingerprint density at radius 1 is 1.12 bits per heavy atom. The number of nitrogens with one attached hydrogen (secondary N) is 1. The summed E-state index contributed by atoms with van der Waals surface area (Å²) < 4.78 is 14.4. The van der Waals surface area contributed by atoms with Crippen molar-refractivity contribution in [1.82, 2.24) is 9.97 Å². The first-order valence-corrected chi connectivity index (χ1v) is 7.76. The van der Waals surface area contributed by atoms with Crippen LogP contribution in [0, 0.1) is 5.82 Å². The molecule has 6 N–H and O–H groups in total. The van der Waals surface area contributed by atoms with Crippen molar-refractivity contribution in [3.8, 4) is 11.3 Å². The molecule has 3 rings (SSSR count). The summed E-state index contributed by atoms with van der Waals surface area (Å²) in [5.41, 5.74) is 13.8. The maximum atomic E-state index is 14.4. The number of aliphatic hydroxyl groups is 1. The number of aliphatic imine (C=N–C) groups is 1. The fraction of sp³-hybridized carbons (Fsp3) is 0.0556. The number of aliphatic hydroxyl groups excluding tert-OH is 1. The molecule has 1 aromatic heterocycles. The molecule has 3 aromatic rings. The van der Waals surface area contributed by atoms with Crippen LogP contribution in [0.4, 0.5) is 33.2 Å². The van der Waals surface area contributed by atoms with Gasteiger partial charge >= 0.3 is 0 Å². The van der Waals surface area contributed by atoms with Crippen LogP contribution in [-0.2, 0) is 0 Å². The Morgan fingerprint density at radius 2 is 1.92 bits per heavy atom. The van der Waals surface area contributed by atoms with Crippen molar-refractivity contribution >= 4 is 35.0 Å². The van der Waals surface area contributed by atoms with Crippen LogP contribution in [-0.4, -0.2) is 27.9 Å². The van der Waals surface area contributed by atoms with E-state index in [0.717, 1.165) is 0 Å². The van der Waals surface area contributed by atoms with Crippen molar-refractivity contribution in [2.24, 2.45) is 4.99 Å². The van der Waals surface area contributed by atoms with Crippen molar-refractivity contribution in [2.75, 3.05) is 23.4 Å². The summed E-state index contributed by atoms with van der Waals surface area (Å²) in [4.78, 5) is 12.2. The standard InChI is InChI=1S/C18H17FN6O/c19-15-16(11-3-1-4-12(20)9-11)24-18(25-17(15)21)23-14-6-2-5-13(10-14)22-7-8-26/h1-7,9-10,26H,8,20H2,(H3,21,23,24,25). The quantitative estimate of drug-likeness (QED) is 0.414. The smallest absolute Gasteiger partial charge is 0.229 e. The summed E-state index contributed by atoms with van der Waals surface area (Å²) in [6.07, 6.45) is 1.38. The first-order valence-electron chi connectivity index (χ1n) is 7.76. The van der Waals surface area contributed by atoms with Gasteiger partial charge in [0.05, 0.1) is 12.3 Å².